The molecule has 0 radical (unpaired) electrons. The van der Waals surface area contributed by atoms with Crippen molar-refractivity contribution >= 4 is 33.6 Å². The molecule has 0 aliphatic heterocycles. The van der Waals surface area contributed by atoms with Gasteiger partial charge in [0.1, 0.15) is 5.75 Å². The first-order valence-corrected chi connectivity index (χ1v) is 8.40. The average Bonchev–Trinajstić information content (AvgIpc) is 2.45. The molecular weight excluding hydrogens is 356 g/mol. The van der Waals surface area contributed by atoms with Gasteiger partial charge in [0.15, 0.2) is 0 Å². The Morgan fingerprint density at radius 1 is 1.24 bits per heavy atom. The number of rotatable bonds is 9. The largest absolute Gasteiger partial charge is 0.492 e. The molecule has 21 heavy (non-hydrogen) atoms. The van der Waals surface area contributed by atoms with E-state index in [9.17, 15) is 4.79 Å². The minimum Gasteiger partial charge on any atom is -0.492 e. The van der Waals surface area contributed by atoms with Crippen molar-refractivity contribution < 1.29 is 9.53 Å². The molecule has 0 unspecified atom stereocenters. The molecule has 6 heteroatoms. The topological polar surface area (TPSA) is 50.4 Å². The minimum atomic E-state index is -0.118. The van der Waals surface area contributed by atoms with Gasteiger partial charge in [-0.3, -0.25) is 0 Å². The van der Waals surface area contributed by atoms with Crippen molar-refractivity contribution in [2.24, 2.45) is 0 Å². The molecule has 1 rings (SSSR count). The maximum atomic E-state index is 11.4. The minimum absolute atomic E-state index is 0.118. The summed E-state index contributed by atoms with van der Waals surface area (Å²) < 4.78 is 6.48. The number of carbonyl (C=O) groups is 1. The molecule has 0 spiro atoms. The molecule has 0 bridgehead atoms. The first-order chi connectivity index (χ1) is 10.1. The monoisotopic (exact) mass is 376 g/mol. The van der Waals surface area contributed by atoms with Crippen molar-refractivity contribution in [1.82, 2.24) is 10.6 Å². The Kier molecular flexibility index (Phi) is 9.26. The Balaban J connectivity index is 2.07. The highest BCUT2D eigenvalue weighted by Crippen LogP contribution is 2.27. The van der Waals surface area contributed by atoms with E-state index in [1.807, 2.05) is 12.1 Å². The third kappa shape index (κ3) is 8.17. The van der Waals surface area contributed by atoms with Gasteiger partial charge in [-0.1, -0.05) is 47.3 Å². The van der Waals surface area contributed by atoms with E-state index in [2.05, 4.69) is 33.5 Å². The fourth-order valence-corrected chi connectivity index (χ4v) is 2.42. The van der Waals surface area contributed by atoms with E-state index < -0.39 is 0 Å². The zero-order chi connectivity index (χ0) is 15.5. The smallest absolute Gasteiger partial charge is 0.314 e. The van der Waals surface area contributed by atoms with Gasteiger partial charge in [-0.15, -0.1) is 0 Å². The van der Waals surface area contributed by atoms with Gasteiger partial charge in [0, 0.05) is 17.6 Å². The summed E-state index contributed by atoms with van der Waals surface area (Å²) in [5.41, 5.74) is 0. The first kappa shape index (κ1) is 18.1. The van der Waals surface area contributed by atoms with Crippen LogP contribution in [0.5, 0.6) is 5.75 Å². The van der Waals surface area contributed by atoms with Gasteiger partial charge < -0.3 is 15.4 Å². The Morgan fingerprint density at radius 3 is 2.62 bits per heavy atom. The standard InChI is InChI=1S/C15H22BrClN2O2/c1-2-3-4-8-18-15(20)19-9-5-10-21-14-7-6-12(16)11-13(14)17/h6-7,11H,2-5,8-10H2,1H3,(H2,18,19,20). The number of nitrogens with one attached hydrogen (secondary N) is 2. The normalized spacial score (nSPS) is 10.2. The number of urea groups is 1. The lowest BCUT2D eigenvalue weighted by molar-refractivity contribution is 0.239. The van der Waals surface area contributed by atoms with Crippen LogP contribution in [0.25, 0.3) is 0 Å². The molecule has 0 atom stereocenters. The summed E-state index contributed by atoms with van der Waals surface area (Å²) in [5, 5.41) is 6.20. The van der Waals surface area contributed by atoms with Crippen LogP contribution in [-0.4, -0.2) is 25.7 Å². The summed E-state index contributed by atoms with van der Waals surface area (Å²) in [6.07, 6.45) is 4.05. The molecule has 2 amide bonds. The average molecular weight is 378 g/mol. The Hall–Kier alpha value is -0.940. The molecule has 1 aromatic carbocycles. The number of halogens is 2. The van der Waals surface area contributed by atoms with Gasteiger partial charge >= 0.3 is 6.03 Å². The molecule has 0 fully saturated rings. The van der Waals surface area contributed by atoms with Crippen LogP contribution < -0.4 is 15.4 Å². The first-order valence-electron chi connectivity index (χ1n) is 7.23. The van der Waals surface area contributed by atoms with Crippen LogP contribution in [0.2, 0.25) is 5.02 Å². The highest BCUT2D eigenvalue weighted by Gasteiger charge is 2.02. The number of hydrogen-bond acceptors (Lipinski definition) is 2. The van der Waals surface area contributed by atoms with Crippen LogP contribution in [0.3, 0.4) is 0 Å². The molecule has 4 nitrogen and oxygen atoms in total. The van der Waals surface area contributed by atoms with Crippen molar-refractivity contribution in [2.75, 3.05) is 19.7 Å². The van der Waals surface area contributed by atoms with E-state index in [4.69, 9.17) is 16.3 Å². The van der Waals surface area contributed by atoms with Gasteiger partial charge in [0.25, 0.3) is 0 Å². The lowest BCUT2D eigenvalue weighted by Gasteiger charge is -2.09. The fourth-order valence-electron chi connectivity index (χ4n) is 1.69. The summed E-state index contributed by atoms with van der Waals surface area (Å²) in [7, 11) is 0. The number of carbonyl (C=O) groups excluding carboxylic acids is 1. The summed E-state index contributed by atoms with van der Waals surface area (Å²) in [6.45, 7) is 3.95. The molecule has 0 saturated heterocycles. The van der Waals surface area contributed by atoms with Crippen molar-refractivity contribution in [3.63, 3.8) is 0 Å². The maximum Gasteiger partial charge on any atom is 0.314 e. The van der Waals surface area contributed by atoms with Gasteiger partial charge in [-0.2, -0.15) is 0 Å². The van der Waals surface area contributed by atoms with Crippen LogP contribution in [0, 0.1) is 0 Å². The van der Waals surface area contributed by atoms with E-state index in [0.717, 1.165) is 36.7 Å². The maximum absolute atomic E-state index is 11.4. The van der Waals surface area contributed by atoms with E-state index in [1.165, 1.54) is 0 Å². The van der Waals surface area contributed by atoms with Gasteiger partial charge in [0.2, 0.25) is 0 Å². The van der Waals surface area contributed by atoms with E-state index in [-0.39, 0.29) is 6.03 Å². The number of unbranched alkanes of at least 4 members (excludes halogenated alkanes) is 2. The third-order valence-electron chi connectivity index (χ3n) is 2.82. The summed E-state index contributed by atoms with van der Waals surface area (Å²) in [4.78, 5) is 11.4. The fraction of sp³-hybridized carbons (Fsp3) is 0.533. The predicted octanol–water partition coefficient (Wildman–Crippen LogP) is 4.36. The zero-order valence-electron chi connectivity index (χ0n) is 12.3. The van der Waals surface area contributed by atoms with Crippen LogP contribution in [-0.2, 0) is 0 Å². The lowest BCUT2D eigenvalue weighted by atomic mass is 10.2. The summed E-state index contributed by atoms with van der Waals surface area (Å²) in [5.74, 6) is 0.656. The highest BCUT2D eigenvalue weighted by molar-refractivity contribution is 9.10. The highest BCUT2D eigenvalue weighted by atomic mass is 79.9. The Morgan fingerprint density at radius 2 is 1.95 bits per heavy atom. The lowest BCUT2D eigenvalue weighted by Crippen LogP contribution is -2.36. The van der Waals surface area contributed by atoms with Crippen molar-refractivity contribution in [3.8, 4) is 5.75 Å². The molecule has 0 aromatic heterocycles. The van der Waals surface area contributed by atoms with Crippen LogP contribution >= 0.6 is 27.5 Å². The molecule has 118 valence electrons. The van der Waals surface area contributed by atoms with Gasteiger partial charge in [-0.05, 0) is 31.0 Å². The number of hydrogen-bond donors (Lipinski definition) is 2. The Labute approximate surface area is 139 Å². The zero-order valence-corrected chi connectivity index (χ0v) is 14.6. The van der Waals surface area contributed by atoms with E-state index >= 15 is 0 Å². The van der Waals surface area contributed by atoms with Crippen LogP contribution in [0.1, 0.15) is 32.6 Å². The molecule has 0 saturated carbocycles. The second-order valence-electron chi connectivity index (χ2n) is 4.67. The number of amides is 2. The molecule has 1 aromatic rings. The predicted molar refractivity (Wildman–Crippen MR) is 90.2 cm³/mol. The van der Waals surface area contributed by atoms with E-state index in [0.29, 0.717) is 23.9 Å². The third-order valence-corrected chi connectivity index (χ3v) is 3.61. The van der Waals surface area contributed by atoms with Crippen LogP contribution in [0.4, 0.5) is 4.79 Å². The molecule has 2 N–H and O–H groups in total. The van der Waals surface area contributed by atoms with Crippen molar-refractivity contribution in [2.45, 2.75) is 32.6 Å². The van der Waals surface area contributed by atoms with Gasteiger partial charge in [-0.25, -0.2) is 4.79 Å². The second kappa shape index (κ2) is 10.7. The van der Waals surface area contributed by atoms with Crippen molar-refractivity contribution in [3.05, 3.63) is 27.7 Å². The van der Waals surface area contributed by atoms with E-state index in [1.54, 1.807) is 6.07 Å². The summed E-state index contributed by atoms with van der Waals surface area (Å²) in [6, 6.07) is 5.37. The number of ether oxygens (including phenoxy) is 1. The van der Waals surface area contributed by atoms with Crippen LogP contribution in [0.15, 0.2) is 22.7 Å². The molecular formula is C15H22BrClN2O2. The molecule has 0 heterocycles. The van der Waals surface area contributed by atoms with Crippen molar-refractivity contribution in [1.29, 1.82) is 0 Å². The second-order valence-corrected chi connectivity index (χ2v) is 5.99. The molecule has 0 aliphatic carbocycles. The summed E-state index contributed by atoms with van der Waals surface area (Å²) >= 11 is 9.38. The number of benzene rings is 1. The quantitative estimate of drug-likeness (QED) is 0.628. The molecule has 0 aliphatic rings. The Bertz CT molecular complexity index is 444. The SMILES string of the molecule is CCCCCNC(=O)NCCCOc1ccc(Br)cc1Cl. The van der Waals surface area contributed by atoms with Gasteiger partial charge in [0.05, 0.1) is 11.6 Å².